The molecule has 0 amide bonds. The van der Waals surface area contributed by atoms with Crippen LogP contribution < -0.4 is 4.74 Å². The lowest BCUT2D eigenvalue weighted by molar-refractivity contribution is 0.414. The molecule has 1 aromatic carbocycles. The van der Waals surface area contributed by atoms with Crippen LogP contribution >= 0.6 is 0 Å². The van der Waals surface area contributed by atoms with Gasteiger partial charge in [-0.15, -0.1) is 0 Å². The number of aromatic nitrogens is 3. The Hall–Kier alpha value is -2.69. The van der Waals surface area contributed by atoms with Crippen molar-refractivity contribution >= 4 is 0 Å². The van der Waals surface area contributed by atoms with Gasteiger partial charge >= 0.3 is 0 Å². The number of pyridine rings is 1. The molecule has 0 spiro atoms. The molecule has 0 radical (unpaired) electrons. The Balaban J connectivity index is 1.71. The zero-order valence-electron chi connectivity index (χ0n) is 13.7. The second-order valence-electron chi connectivity index (χ2n) is 6.20. The number of ether oxygens (including phenoxy) is 1. The van der Waals surface area contributed by atoms with E-state index in [9.17, 15) is 4.39 Å². The number of hydrogen-bond acceptors (Lipinski definition) is 3. The van der Waals surface area contributed by atoms with Crippen LogP contribution in [0.5, 0.6) is 5.75 Å². The van der Waals surface area contributed by atoms with Crippen molar-refractivity contribution in [2.45, 2.75) is 25.8 Å². The van der Waals surface area contributed by atoms with Crippen molar-refractivity contribution in [1.29, 1.82) is 0 Å². The highest BCUT2D eigenvalue weighted by Crippen LogP contribution is 2.35. The molecule has 1 unspecified atom stereocenters. The molecule has 24 heavy (non-hydrogen) atoms. The van der Waals surface area contributed by atoms with Gasteiger partial charge in [-0.05, 0) is 55.2 Å². The molecule has 0 aliphatic heterocycles. The predicted molar refractivity (Wildman–Crippen MR) is 89.6 cm³/mol. The van der Waals surface area contributed by atoms with E-state index in [0.29, 0.717) is 0 Å². The number of halogens is 1. The molecule has 122 valence electrons. The van der Waals surface area contributed by atoms with Crippen LogP contribution in [0.1, 0.15) is 22.9 Å². The Labute approximate surface area is 139 Å². The average Bonchev–Trinajstić information content (AvgIpc) is 3.17. The van der Waals surface area contributed by atoms with E-state index in [1.807, 2.05) is 23.7 Å². The fourth-order valence-corrected chi connectivity index (χ4v) is 3.43. The van der Waals surface area contributed by atoms with Crippen molar-refractivity contribution in [3.8, 4) is 17.0 Å². The first-order valence-corrected chi connectivity index (χ1v) is 7.97. The summed E-state index contributed by atoms with van der Waals surface area (Å²) in [5.74, 6) is 0.540. The summed E-state index contributed by atoms with van der Waals surface area (Å²) >= 11 is 0. The molecular formula is C19H18FN3O. The molecule has 0 bridgehead atoms. The lowest BCUT2D eigenvalue weighted by Crippen LogP contribution is -2.12. The lowest BCUT2D eigenvalue weighted by atomic mass is 10.1. The van der Waals surface area contributed by atoms with Gasteiger partial charge in [0.1, 0.15) is 11.6 Å². The van der Waals surface area contributed by atoms with Crippen molar-refractivity contribution in [1.82, 2.24) is 14.8 Å². The number of nitrogens with zero attached hydrogens (tertiary/aromatic N) is 3. The summed E-state index contributed by atoms with van der Waals surface area (Å²) in [6, 6.07) is 9.92. The largest absolute Gasteiger partial charge is 0.497 e. The van der Waals surface area contributed by atoms with Crippen LogP contribution in [0.2, 0.25) is 0 Å². The smallest absolute Gasteiger partial charge is 0.142 e. The Morgan fingerprint density at radius 3 is 2.75 bits per heavy atom. The monoisotopic (exact) mass is 323 g/mol. The van der Waals surface area contributed by atoms with Crippen LogP contribution in [-0.2, 0) is 12.8 Å². The summed E-state index contributed by atoms with van der Waals surface area (Å²) in [6.45, 7) is 1.96. The third-order valence-electron chi connectivity index (χ3n) is 4.53. The van der Waals surface area contributed by atoms with Gasteiger partial charge in [0.25, 0.3) is 0 Å². The van der Waals surface area contributed by atoms with Crippen molar-refractivity contribution in [3.05, 3.63) is 65.4 Å². The van der Waals surface area contributed by atoms with E-state index in [0.717, 1.165) is 35.5 Å². The van der Waals surface area contributed by atoms with Crippen LogP contribution in [0, 0.1) is 12.7 Å². The highest BCUT2D eigenvalue weighted by atomic mass is 19.1. The van der Waals surface area contributed by atoms with Crippen LogP contribution in [0.25, 0.3) is 11.3 Å². The second-order valence-corrected chi connectivity index (χ2v) is 6.20. The van der Waals surface area contributed by atoms with Crippen LogP contribution in [-0.4, -0.2) is 21.9 Å². The molecule has 0 saturated carbocycles. The summed E-state index contributed by atoms with van der Waals surface area (Å²) < 4.78 is 20.9. The van der Waals surface area contributed by atoms with E-state index < -0.39 is 0 Å². The summed E-state index contributed by atoms with van der Waals surface area (Å²) in [7, 11) is 1.68. The van der Waals surface area contributed by atoms with E-state index in [-0.39, 0.29) is 11.9 Å². The zero-order valence-corrected chi connectivity index (χ0v) is 13.7. The fraction of sp³-hybridized carbons (Fsp3) is 0.263. The molecule has 1 aliphatic rings. The fourth-order valence-electron chi connectivity index (χ4n) is 3.43. The summed E-state index contributed by atoms with van der Waals surface area (Å²) in [5.41, 5.74) is 5.18. The molecule has 3 aromatic rings. The molecule has 4 rings (SSSR count). The molecule has 1 aliphatic carbocycles. The van der Waals surface area contributed by atoms with Gasteiger partial charge in [0, 0.05) is 11.8 Å². The van der Waals surface area contributed by atoms with Crippen molar-refractivity contribution in [3.63, 3.8) is 0 Å². The molecule has 4 nitrogen and oxygen atoms in total. The maximum atomic E-state index is 13.6. The standard InChI is InChI=1S/C19H18FN3O/c1-12-5-19(15-6-16(20)11-21-10-15)23(22-12)17-7-13-3-4-18(24-2)9-14(13)8-17/h3-6,9-11,17H,7-8H2,1-2H3. The number of benzene rings is 1. The minimum Gasteiger partial charge on any atom is -0.497 e. The third-order valence-corrected chi connectivity index (χ3v) is 4.53. The second kappa shape index (κ2) is 5.74. The Bertz CT molecular complexity index is 903. The molecule has 0 saturated heterocycles. The SMILES string of the molecule is COc1ccc2c(c1)CC(n1nc(C)cc1-c1cncc(F)c1)C2. The highest BCUT2D eigenvalue weighted by molar-refractivity contribution is 5.59. The van der Waals surface area contributed by atoms with Crippen LogP contribution in [0.3, 0.4) is 0 Å². The Morgan fingerprint density at radius 2 is 1.96 bits per heavy atom. The Kier molecular flexibility index (Phi) is 3.56. The van der Waals surface area contributed by atoms with Crippen molar-refractivity contribution in [2.75, 3.05) is 7.11 Å². The van der Waals surface area contributed by atoms with Gasteiger partial charge in [-0.2, -0.15) is 5.10 Å². The minimum absolute atomic E-state index is 0.221. The third kappa shape index (κ3) is 2.56. The van der Waals surface area contributed by atoms with Gasteiger partial charge in [-0.1, -0.05) is 6.07 Å². The van der Waals surface area contributed by atoms with Gasteiger partial charge in [-0.3, -0.25) is 9.67 Å². The first-order chi connectivity index (χ1) is 11.6. The summed E-state index contributed by atoms with van der Waals surface area (Å²) in [6.07, 6.45) is 4.70. The van der Waals surface area contributed by atoms with Crippen molar-refractivity contribution in [2.24, 2.45) is 0 Å². The van der Waals surface area contributed by atoms with Gasteiger partial charge < -0.3 is 4.74 Å². The molecule has 0 N–H and O–H groups in total. The maximum absolute atomic E-state index is 13.6. The molecule has 5 heteroatoms. The van der Waals surface area contributed by atoms with Crippen LogP contribution in [0.4, 0.5) is 4.39 Å². The number of rotatable bonds is 3. The summed E-state index contributed by atoms with van der Waals surface area (Å²) in [4.78, 5) is 3.97. The van der Waals surface area contributed by atoms with Crippen LogP contribution in [0.15, 0.2) is 42.7 Å². The minimum atomic E-state index is -0.336. The molecule has 1 atom stereocenters. The van der Waals surface area contributed by atoms with E-state index in [4.69, 9.17) is 4.74 Å². The van der Waals surface area contributed by atoms with Gasteiger partial charge in [0.2, 0.25) is 0 Å². The normalized spacial score (nSPS) is 16.2. The predicted octanol–water partition coefficient (Wildman–Crippen LogP) is 3.74. The zero-order chi connectivity index (χ0) is 16.7. The Morgan fingerprint density at radius 1 is 1.12 bits per heavy atom. The molecular weight excluding hydrogens is 305 g/mol. The molecule has 0 fully saturated rings. The van der Waals surface area contributed by atoms with E-state index in [2.05, 4.69) is 22.2 Å². The molecule has 2 heterocycles. The maximum Gasteiger partial charge on any atom is 0.142 e. The average molecular weight is 323 g/mol. The molecule has 2 aromatic heterocycles. The number of methoxy groups -OCH3 is 1. The highest BCUT2D eigenvalue weighted by Gasteiger charge is 2.26. The quantitative estimate of drug-likeness (QED) is 0.737. The van der Waals surface area contributed by atoms with E-state index in [1.54, 1.807) is 13.3 Å². The number of fused-ring (bicyclic) bond motifs is 1. The number of hydrogen-bond donors (Lipinski definition) is 0. The lowest BCUT2D eigenvalue weighted by Gasteiger charge is -2.14. The first-order valence-electron chi connectivity index (χ1n) is 7.97. The van der Waals surface area contributed by atoms with Crippen molar-refractivity contribution < 1.29 is 9.13 Å². The van der Waals surface area contributed by atoms with Gasteiger partial charge in [-0.25, -0.2) is 4.39 Å². The topological polar surface area (TPSA) is 39.9 Å². The number of aryl methyl sites for hydroxylation is 1. The van der Waals surface area contributed by atoms with Gasteiger partial charge in [0.05, 0.1) is 30.7 Å². The summed E-state index contributed by atoms with van der Waals surface area (Å²) in [5, 5.41) is 4.66. The van der Waals surface area contributed by atoms with Gasteiger partial charge in [0.15, 0.2) is 0 Å². The van der Waals surface area contributed by atoms with E-state index in [1.165, 1.54) is 23.4 Å². The van der Waals surface area contributed by atoms with E-state index >= 15 is 0 Å². The first kappa shape index (κ1) is 14.9.